The highest BCUT2D eigenvalue weighted by atomic mass is 35.5. The van der Waals surface area contributed by atoms with E-state index in [1.807, 2.05) is 36.4 Å². The van der Waals surface area contributed by atoms with Gasteiger partial charge < -0.3 is 0 Å². The maximum atomic E-state index is 11.8. The van der Waals surface area contributed by atoms with Crippen LogP contribution in [0.3, 0.4) is 0 Å². The molecule has 3 unspecified atom stereocenters. The number of hydrogen-bond donors (Lipinski definition) is 2. The van der Waals surface area contributed by atoms with Crippen LogP contribution >= 0.6 is 11.6 Å². The summed E-state index contributed by atoms with van der Waals surface area (Å²) in [6.07, 6.45) is 3.28. The number of carbonyl (C=O) groups is 1. The van der Waals surface area contributed by atoms with E-state index in [2.05, 4.69) is 4.98 Å². The van der Waals surface area contributed by atoms with Crippen molar-refractivity contribution in [1.29, 1.82) is 0 Å². The number of halogens is 1. The Morgan fingerprint density at radius 1 is 1.15 bits per heavy atom. The molecule has 1 aromatic carbocycles. The largest absolute Gasteiger partial charge is 0.289 e. The molecule has 102 valence electrons. The summed E-state index contributed by atoms with van der Waals surface area (Å²) >= 11 is 5.96. The second kappa shape index (κ2) is 5.23. The molecule has 5 heteroatoms. The van der Waals surface area contributed by atoms with Gasteiger partial charge in [0.2, 0.25) is 5.91 Å². The molecular formula is C15H13ClN2O2. The summed E-state index contributed by atoms with van der Waals surface area (Å²) in [6, 6.07) is 11.6. The first kappa shape index (κ1) is 13.1. The molecule has 0 bridgehead atoms. The Bertz CT molecular complexity index is 633. The Hall–Kier alpha value is -1.91. The number of amides is 1. The second-order valence-corrected chi connectivity index (χ2v) is 5.34. The van der Waals surface area contributed by atoms with Crippen LogP contribution in [0, 0.1) is 5.92 Å². The molecule has 0 saturated heterocycles. The lowest BCUT2D eigenvalue weighted by molar-refractivity contribution is -0.130. The summed E-state index contributed by atoms with van der Waals surface area (Å²) in [5.74, 6) is -0.620. The quantitative estimate of drug-likeness (QED) is 0.674. The van der Waals surface area contributed by atoms with E-state index in [-0.39, 0.29) is 23.7 Å². The van der Waals surface area contributed by atoms with Gasteiger partial charge in [0, 0.05) is 24.2 Å². The first-order chi connectivity index (χ1) is 9.72. The maximum absolute atomic E-state index is 11.8. The zero-order valence-corrected chi connectivity index (χ0v) is 11.3. The summed E-state index contributed by atoms with van der Waals surface area (Å²) in [5.41, 5.74) is 3.74. The molecule has 3 atom stereocenters. The van der Waals surface area contributed by atoms with E-state index in [1.54, 1.807) is 17.9 Å². The minimum Gasteiger partial charge on any atom is -0.289 e. The molecule has 1 amide bonds. The van der Waals surface area contributed by atoms with Gasteiger partial charge in [0.15, 0.2) is 0 Å². The van der Waals surface area contributed by atoms with E-state index in [0.29, 0.717) is 5.02 Å². The van der Waals surface area contributed by atoms with Crippen LogP contribution in [-0.2, 0) is 4.79 Å². The average Bonchev–Trinajstić information content (AvgIpc) is 3.23. The maximum Gasteiger partial charge on any atom is 0.247 e. The summed E-state index contributed by atoms with van der Waals surface area (Å²) in [6.45, 7) is 0. The van der Waals surface area contributed by atoms with Crippen molar-refractivity contribution in [2.45, 2.75) is 11.8 Å². The molecule has 2 N–H and O–H groups in total. The van der Waals surface area contributed by atoms with E-state index in [9.17, 15) is 4.79 Å². The van der Waals surface area contributed by atoms with Crippen LogP contribution < -0.4 is 5.48 Å². The number of rotatable bonds is 3. The van der Waals surface area contributed by atoms with Crippen LogP contribution in [-0.4, -0.2) is 16.1 Å². The van der Waals surface area contributed by atoms with Gasteiger partial charge in [-0.3, -0.25) is 15.0 Å². The number of carbonyl (C=O) groups excluding carboxylic acids is 1. The highest BCUT2D eigenvalue weighted by Crippen LogP contribution is 2.60. The van der Waals surface area contributed by atoms with Crippen LogP contribution in [0.5, 0.6) is 0 Å². The lowest BCUT2D eigenvalue weighted by Crippen LogP contribution is -2.21. The SMILES string of the molecule is O=C(NO)C1C(c2ccccc2)C1c1cncc(Cl)c1. The van der Waals surface area contributed by atoms with Crippen molar-refractivity contribution in [2.24, 2.45) is 5.92 Å². The minimum absolute atomic E-state index is 0.00394. The third-order valence-electron chi connectivity index (χ3n) is 3.73. The van der Waals surface area contributed by atoms with Gasteiger partial charge in [-0.25, -0.2) is 5.48 Å². The number of hydrogen-bond acceptors (Lipinski definition) is 3. The van der Waals surface area contributed by atoms with Crippen LogP contribution in [0.1, 0.15) is 23.0 Å². The molecule has 0 aliphatic heterocycles. The van der Waals surface area contributed by atoms with Gasteiger partial charge in [-0.15, -0.1) is 0 Å². The summed E-state index contributed by atoms with van der Waals surface area (Å²) < 4.78 is 0. The molecule has 1 fully saturated rings. The number of nitrogens with zero attached hydrogens (tertiary/aromatic N) is 1. The highest BCUT2D eigenvalue weighted by Gasteiger charge is 2.56. The van der Waals surface area contributed by atoms with Crippen molar-refractivity contribution in [1.82, 2.24) is 10.5 Å². The highest BCUT2D eigenvalue weighted by molar-refractivity contribution is 6.30. The van der Waals surface area contributed by atoms with Gasteiger partial charge in [0.25, 0.3) is 0 Å². The van der Waals surface area contributed by atoms with E-state index < -0.39 is 0 Å². The number of benzene rings is 1. The van der Waals surface area contributed by atoms with Gasteiger partial charge in [-0.2, -0.15) is 0 Å². The molecule has 20 heavy (non-hydrogen) atoms. The van der Waals surface area contributed by atoms with Crippen LogP contribution in [0.25, 0.3) is 0 Å². The molecule has 1 heterocycles. The zero-order valence-electron chi connectivity index (χ0n) is 10.5. The van der Waals surface area contributed by atoms with Gasteiger partial charge in [0.1, 0.15) is 0 Å². The van der Waals surface area contributed by atoms with Crippen molar-refractivity contribution in [2.75, 3.05) is 0 Å². The standard InChI is InChI=1S/C15H13ClN2O2/c16-11-6-10(7-17-8-11)13-12(14(13)15(19)18-20)9-4-2-1-3-5-9/h1-8,12-14,20H,(H,18,19). The molecule has 0 radical (unpaired) electrons. The monoisotopic (exact) mass is 288 g/mol. The molecule has 2 aromatic rings. The molecule has 1 aliphatic rings. The fourth-order valence-corrected chi connectivity index (χ4v) is 3.01. The lowest BCUT2D eigenvalue weighted by Gasteiger charge is -2.00. The normalized spacial score (nSPS) is 24.2. The first-order valence-electron chi connectivity index (χ1n) is 6.31. The van der Waals surface area contributed by atoms with Crippen LogP contribution in [0.2, 0.25) is 5.02 Å². The topological polar surface area (TPSA) is 62.2 Å². The predicted octanol–water partition coefficient (Wildman–Crippen LogP) is 2.74. The van der Waals surface area contributed by atoms with E-state index >= 15 is 0 Å². The molecule has 1 aliphatic carbocycles. The number of hydroxylamine groups is 1. The second-order valence-electron chi connectivity index (χ2n) is 4.90. The van der Waals surface area contributed by atoms with Crippen molar-refractivity contribution >= 4 is 17.5 Å². The minimum atomic E-state index is -0.371. The third-order valence-corrected chi connectivity index (χ3v) is 3.93. The molecule has 1 saturated carbocycles. The molecular weight excluding hydrogens is 276 g/mol. The Kier molecular flexibility index (Phi) is 3.42. The van der Waals surface area contributed by atoms with Crippen LogP contribution in [0.15, 0.2) is 48.8 Å². The van der Waals surface area contributed by atoms with Gasteiger partial charge in [-0.1, -0.05) is 41.9 Å². The Balaban J connectivity index is 1.95. The Labute approximate surface area is 121 Å². The fraction of sp³-hybridized carbons (Fsp3) is 0.200. The van der Waals surface area contributed by atoms with Crippen molar-refractivity contribution in [3.8, 4) is 0 Å². The molecule has 0 spiro atoms. The number of aromatic nitrogens is 1. The number of nitrogens with one attached hydrogen (secondary N) is 1. The Morgan fingerprint density at radius 2 is 1.85 bits per heavy atom. The summed E-state index contributed by atoms with van der Waals surface area (Å²) in [5, 5.41) is 9.43. The average molecular weight is 289 g/mol. The van der Waals surface area contributed by atoms with Crippen molar-refractivity contribution in [3.05, 3.63) is 64.9 Å². The van der Waals surface area contributed by atoms with E-state index in [0.717, 1.165) is 11.1 Å². The molecule has 4 nitrogen and oxygen atoms in total. The summed E-state index contributed by atoms with van der Waals surface area (Å²) in [4.78, 5) is 15.9. The third kappa shape index (κ3) is 2.28. The van der Waals surface area contributed by atoms with Crippen LogP contribution in [0.4, 0.5) is 0 Å². The molecule has 3 rings (SSSR count). The number of pyridine rings is 1. The van der Waals surface area contributed by atoms with E-state index in [4.69, 9.17) is 16.8 Å². The van der Waals surface area contributed by atoms with Crippen molar-refractivity contribution < 1.29 is 10.0 Å². The lowest BCUT2D eigenvalue weighted by atomic mass is 10.1. The zero-order chi connectivity index (χ0) is 14.1. The predicted molar refractivity (Wildman–Crippen MR) is 74.6 cm³/mol. The Morgan fingerprint density at radius 3 is 2.50 bits per heavy atom. The summed E-state index contributed by atoms with van der Waals surface area (Å²) in [7, 11) is 0. The van der Waals surface area contributed by atoms with Gasteiger partial charge in [0.05, 0.1) is 10.9 Å². The van der Waals surface area contributed by atoms with Crippen molar-refractivity contribution in [3.63, 3.8) is 0 Å². The first-order valence-corrected chi connectivity index (χ1v) is 6.69. The smallest absolute Gasteiger partial charge is 0.247 e. The van der Waals surface area contributed by atoms with Gasteiger partial charge >= 0.3 is 0 Å². The fourth-order valence-electron chi connectivity index (χ4n) is 2.83. The van der Waals surface area contributed by atoms with E-state index in [1.165, 1.54) is 0 Å². The van der Waals surface area contributed by atoms with Gasteiger partial charge in [-0.05, 0) is 17.2 Å². The molecule has 1 aromatic heterocycles.